The highest BCUT2D eigenvalue weighted by molar-refractivity contribution is 7.10. The molecule has 0 aliphatic carbocycles. The zero-order valence-corrected chi connectivity index (χ0v) is 11.2. The predicted molar refractivity (Wildman–Crippen MR) is 73.4 cm³/mol. The van der Waals surface area contributed by atoms with E-state index in [-0.39, 0.29) is 5.91 Å². The Morgan fingerprint density at radius 1 is 1.33 bits per heavy atom. The van der Waals surface area contributed by atoms with Gasteiger partial charge in [-0.1, -0.05) is 12.1 Å². The number of primary amides is 1. The van der Waals surface area contributed by atoms with Crippen molar-refractivity contribution in [2.75, 3.05) is 7.11 Å². The van der Waals surface area contributed by atoms with Crippen LogP contribution in [-0.4, -0.2) is 13.0 Å². The molecule has 0 spiro atoms. The summed E-state index contributed by atoms with van der Waals surface area (Å²) < 4.78 is 5.11. The van der Waals surface area contributed by atoms with Gasteiger partial charge in [-0.05, 0) is 35.6 Å². The fourth-order valence-electron chi connectivity index (χ4n) is 1.89. The van der Waals surface area contributed by atoms with Crippen molar-refractivity contribution in [2.45, 2.75) is 13.3 Å². The fraction of sp³-hybridized carbons (Fsp3) is 0.214. The lowest BCUT2D eigenvalue weighted by Crippen LogP contribution is -2.13. The minimum absolute atomic E-state index is 0.350. The zero-order chi connectivity index (χ0) is 13.1. The van der Waals surface area contributed by atoms with E-state index in [1.807, 2.05) is 36.6 Å². The molecular weight excluding hydrogens is 246 g/mol. The van der Waals surface area contributed by atoms with E-state index in [2.05, 4.69) is 0 Å². The molecule has 3 nitrogen and oxygen atoms in total. The minimum Gasteiger partial charge on any atom is -0.497 e. The van der Waals surface area contributed by atoms with E-state index in [9.17, 15) is 4.79 Å². The summed E-state index contributed by atoms with van der Waals surface area (Å²) >= 11 is 1.58. The fourth-order valence-corrected chi connectivity index (χ4v) is 2.95. The van der Waals surface area contributed by atoms with Crippen molar-refractivity contribution in [3.8, 4) is 5.75 Å². The second-order valence-electron chi connectivity index (χ2n) is 4.11. The Morgan fingerprint density at radius 2 is 2.00 bits per heavy atom. The van der Waals surface area contributed by atoms with Crippen LogP contribution in [0.1, 0.15) is 26.4 Å². The maximum absolute atomic E-state index is 11.4. The van der Waals surface area contributed by atoms with E-state index < -0.39 is 0 Å². The number of aryl methyl sites for hydroxylation is 1. The van der Waals surface area contributed by atoms with Crippen molar-refractivity contribution in [1.29, 1.82) is 0 Å². The lowest BCUT2D eigenvalue weighted by atomic mass is 10.1. The van der Waals surface area contributed by atoms with Crippen LogP contribution in [0, 0.1) is 6.92 Å². The number of thiophene rings is 1. The second-order valence-corrected chi connectivity index (χ2v) is 5.07. The molecule has 2 aromatic rings. The van der Waals surface area contributed by atoms with Gasteiger partial charge in [-0.2, -0.15) is 0 Å². The van der Waals surface area contributed by atoms with E-state index in [4.69, 9.17) is 10.5 Å². The Balaban J connectivity index is 2.25. The lowest BCUT2D eigenvalue weighted by molar-refractivity contribution is 0.0999. The molecule has 1 heterocycles. The third-order valence-corrected chi connectivity index (χ3v) is 3.93. The molecule has 0 bridgehead atoms. The van der Waals surface area contributed by atoms with Gasteiger partial charge in [0.15, 0.2) is 0 Å². The Bertz CT molecular complexity index is 558. The molecule has 1 aromatic heterocycles. The number of carbonyl (C=O) groups is 1. The molecule has 0 saturated carbocycles. The summed E-state index contributed by atoms with van der Waals surface area (Å²) in [6, 6.07) is 7.83. The SMILES string of the molecule is COc1ccc(Cc2scc(C)c2C(N)=O)cc1. The van der Waals surface area contributed by atoms with Crippen LogP contribution in [0.25, 0.3) is 0 Å². The first-order valence-electron chi connectivity index (χ1n) is 5.61. The predicted octanol–water partition coefficient (Wildman–Crippen LogP) is 2.75. The zero-order valence-electron chi connectivity index (χ0n) is 10.4. The number of rotatable bonds is 4. The molecule has 1 amide bonds. The highest BCUT2D eigenvalue weighted by Crippen LogP contribution is 2.25. The van der Waals surface area contributed by atoms with E-state index in [1.165, 1.54) is 0 Å². The Labute approximate surface area is 110 Å². The van der Waals surface area contributed by atoms with Gasteiger partial charge in [0.1, 0.15) is 5.75 Å². The van der Waals surface area contributed by atoms with E-state index >= 15 is 0 Å². The van der Waals surface area contributed by atoms with Gasteiger partial charge < -0.3 is 10.5 Å². The maximum Gasteiger partial charge on any atom is 0.250 e. The molecule has 0 aliphatic rings. The molecule has 0 aliphatic heterocycles. The number of ether oxygens (including phenoxy) is 1. The quantitative estimate of drug-likeness (QED) is 0.920. The van der Waals surface area contributed by atoms with Crippen molar-refractivity contribution in [2.24, 2.45) is 5.73 Å². The summed E-state index contributed by atoms with van der Waals surface area (Å²) in [5.74, 6) is 0.480. The summed E-state index contributed by atoms with van der Waals surface area (Å²) in [4.78, 5) is 12.4. The summed E-state index contributed by atoms with van der Waals surface area (Å²) in [5, 5.41) is 1.97. The molecule has 0 fully saturated rings. The molecule has 0 unspecified atom stereocenters. The second kappa shape index (κ2) is 5.23. The number of hydrogen-bond donors (Lipinski definition) is 1. The van der Waals surface area contributed by atoms with Crippen LogP contribution < -0.4 is 10.5 Å². The van der Waals surface area contributed by atoms with Gasteiger partial charge in [-0.3, -0.25) is 4.79 Å². The van der Waals surface area contributed by atoms with Gasteiger partial charge in [0, 0.05) is 11.3 Å². The first-order chi connectivity index (χ1) is 8.61. The maximum atomic E-state index is 11.4. The Morgan fingerprint density at radius 3 is 2.56 bits per heavy atom. The van der Waals surface area contributed by atoms with Gasteiger partial charge in [0.25, 0.3) is 0 Å². The Hall–Kier alpha value is -1.81. The van der Waals surface area contributed by atoms with Crippen LogP contribution in [0.2, 0.25) is 0 Å². The highest BCUT2D eigenvalue weighted by atomic mass is 32.1. The first kappa shape index (κ1) is 12.6. The topological polar surface area (TPSA) is 52.3 Å². The molecule has 18 heavy (non-hydrogen) atoms. The Kier molecular flexibility index (Phi) is 3.67. The number of methoxy groups -OCH3 is 1. The third-order valence-electron chi connectivity index (χ3n) is 2.82. The molecule has 2 rings (SSSR count). The number of nitrogens with two attached hydrogens (primary N) is 1. The van der Waals surface area contributed by atoms with Gasteiger partial charge in [-0.25, -0.2) is 0 Å². The van der Waals surface area contributed by atoms with Crippen molar-refractivity contribution in [1.82, 2.24) is 0 Å². The number of carbonyl (C=O) groups excluding carboxylic acids is 1. The first-order valence-corrected chi connectivity index (χ1v) is 6.49. The van der Waals surface area contributed by atoms with Crippen LogP contribution in [-0.2, 0) is 6.42 Å². The molecule has 0 saturated heterocycles. The smallest absolute Gasteiger partial charge is 0.250 e. The van der Waals surface area contributed by atoms with E-state index in [0.29, 0.717) is 5.56 Å². The monoisotopic (exact) mass is 261 g/mol. The van der Waals surface area contributed by atoms with Gasteiger partial charge in [-0.15, -0.1) is 11.3 Å². The summed E-state index contributed by atoms with van der Waals surface area (Å²) in [6.07, 6.45) is 0.723. The van der Waals surface area contributed by atoms with E-state index in [0.717, 1.165) is 28.2 Å². The largest absolute Gasteiger partial charge is 0.497 e. The van der Waals surface area contributed by atoms with Crippen LogP contribution in [0.15, 0.2) is 29.6 Å². The summed E-state index contributed by atoms with van der Waals surface area (Å²) in [6.45, 7) is 1.91. The van der Waals surface area contributed by atoms with E-state index in [1.54, 1.807) is 18.4 Å². The molecule has 94 valence electrons. The summed E-state index contributed by atoms with van der Waals surface area (Å²) in [5.41, 5.74) is 8.16. The molecular formula is C14H15NO2S. The van der Waals surface area contributed by atoms with Crippen molar-refractivity contribution >= 4 is 17.2 Å². The van der Waals surface area contributed by atoms with Crippen LogP contribution >= 0.6 is 11.3 Å². The lowest BCUT2D eigenvalue weighted by Gasteiger charge is -2.04. The normalized spacial score (nSPS) is 10.3. The number of amides is 1. The molecule has 4 heteroatoms. The number of benzene rings is 1. The van der Waals surface area contributed by atoms with Gasteiger partial charge in [0.2, 0.25) is 5.91 Å². The van der Waals surface area contributed by atoms with Crippen LogP contribution in [0.3, 0.4) is 0 Å². The van der Waals surface area contributed by atoms with Gasteiger partial charge >= 0.3 is 0 Å². The average Bonchev–Trinajstić information content (AvgIpc) is 2.71. The minimum atomic E-state index is -0.350. The van der Waals surface area contributed by atoms with Crippen LogP contribution in [0.4, 0.5) is 0 Å². The number of hydrogen-bond acceptors (Lipinski definition) is 3. The van der Waals surface area contributed by atoms with Crippen LogP contribution in [0.5, 0.6) is 5.75 Å². The molecule has 2 N–H and O–H groups in total. The summed E-state index contributed by atoms with van der Waals surface area (Å²) in [7, 11) is 1.64. The molecule has 0 radical (unpaired) electrons. The van der Waals surface area contributed by atoms with Crippen molar-refractivity contribution in [3.05, 3.63) is 51.2 Å². The van der Waals surface area contributed by atoms with Crippen molar-refractivity contribution in [3.63, 3.8) is 0 Å². The van der Waals surface area contributed by atoms with Gasteiger partial charge in [0.05, 0.1) is 12.7 Å². The van der Waals surface area contributed by atoms with Crippen molar-refractivity contribution < 1.29 is 9.53 Å². The third kappa shape index (κ3) is 2.54. The average molecular weight is 261 g/mol. The molecule has 1 aromatic carbocycles. The highest BCUT2D eigenvalue weighted by Gasteiger charge is 2.14. The standard InChI is InChI=1S/C14H15NO2S/c1-9-8-18-12(13(9)14(15)16)7-10-3-5-11(17-2)6-4-10/h3-6,8H,7H2,1-2H3,(H2,15,16). The molecule has 0 atom stereocenters.